The van der Waals surface area contributed by atoms with Gasteiger partial charge >= 0.3 is 6.03 Å². The lowest BCUT2D eigenvalue weighted by Crippen LogP contribution is -2.72. The molecule has 0 aliphatic carbocycles. The van der Waals surface area contributed by atoms with Gasteiger partial charge in [0.05, 0.1) is 24.8 Å². The van der Waals surface area contributed by atoms with Gasteiger partial charge in [0.2, 0.25) is 5.91 Å². The molecule has 1 aliphatic heterocycles. The van der Waals surface area contributed by atoms with E-state index in [1.54, 1.807) is 0 Å². The average Bonchev–Trinajstić information content (AvgIpc) is 2.64. The smallest absolute Gasteiger partial charge is 0.315 e. The summed E-state index contributed by atoms with van der Waals surface area (Å²) in [7, 11) is 0. The molecule has 0 aromatic heterocycles. The van der Waals surface area contributed by atoms with Crippen LogP contribution < -0.4 is 21.7 Å². The molecule has 1 aromatic carbocycles. The first-order chi connectivity index (χ1) is 13.6. The summed E-state index contributed by atoms with van der Waals surface area (Å²) in [6, 6.07) is 9.50. The number of hydrogen-bond acceptors (Lipinski definition) is 4. The number of carbonyl (C=O) groups is 2. The highest BCUT2D eigenvalue weighted by Gasteiger charge is 2.46. The molecule has 0 radical (unpaired) electrons. The maximum Gasteiger partial charge on any atom is 0.315 e. The van der Waals surface area contributed by atoms with Gasteiger partial charge in [0.15, 0.2) is 0 Å². The predicted molar refractivity (Wildman–Crippen MR) is 110 cm³/mol. The van der Waals surface area contributed by atoms with Gasteiger partial charge in [-0.1, -0.05) is 56.5 Å². The van der Waals surface area contributed by atoms with Crippen LogP contribution in [0, 0.1) is 0 Å². The predicted octanol–water partition coefficient (Wildman–Crippen LogP) is 1.71. The minimum atomic E-state index is -0.469. The fourth-order valence-corrected chi connectivity index (χ4v) is 3.40. The Kier molecular flexibility index (Phi) is 9.23. The first-order valence-electron chi connectivity index (χ1n) is 10.2. The van der Waals surface area contributed by atoms with Crippen molar-refractivity contribution in [3.63, 3.8) is 0 Å². The molecule has 3 amide bonds. The van der Waals surface area contributed by atoms with Gasteiger partial charge < -0.3 is 26.4 Å². The summed E-state index contributed by atoms with van der Waals surface area (Å²) in [6.45, 7) is 4.38. The summed E-state index contributed by atoms with van der Waals surface area (Å²) >= 11 is 0. The third-order valence-electron chi connectivity index (χ3n) is 5.15. The van der Waals surface area contributed by atoms with Crippen LogP contribution in [0.5, 0.6) is 0 Å². The minimum absolute atomic E-state index is 0.0744. The SMILES string of the molecule is CCCCCCNC(=O)N[C@H](CC(N)=O)C1(NCCc2ccccc2)COC1. The summed E-state index contributed by atoms with van der Waals surface area (Å²) in [6.07, 6.45) is 5.30. The Morgan fingerprint density at radius 3 is 2.50 bits per heavy atom. The molecule has 28 heavy (non-hydrogen) atoms. The van der Waals surface area contributed by atoms with E-state index in [1.807, 2.05) is 18.2 Å². The lowest BCUT2D eigenvalue weighted by atomic mass is 9.85. The zero-order valence-corrected chi connectivity index (χ0v) is 16.8. The highest BCUT2D eigenvalue weighted by molar-refractivity contribution is 5.78. The largest absolute Gasteiger partial charge is 0.377 e. The Morgan fingerprint density at radius 1 is 1.14 bits per heavy atom. The van der Waals surface area contributed by atoms with Crippen LogP contribution >= 0.6 is 0 Å². The number of benzene rings is 1. The first kappa shape index (κ1) is 22.2. The van der Waals surface area contributed by atoms with E-state index in [9.17, 15) is 9.59 Å². The second kappa shape index (κ2) is 11.7. The molecule has 0 bridgehead atoms. The van der Waals surface area contributed by atoms with Gasteiger partial charge in [-0.3, -0.25) is 4.79 Å². The molecule has 0 unspecified atom stereocenters. The molecular formula is C21H34N4O3. The van der Waals surface area contributed by atoms with Gasteiger partial charge in [-0.15, -0.1) is 0 Å². The number of rotatable bonds is 13. The van der Waals surface area contributed by atoms with Crippen molar-refractivity contribution in [1.82, 2.24) is 16.0 Å². The Morgan fingerprint density at radius 2 is 1.89 bits per heavy atom. The number of urea groups is 1. The molecule has 7 heteroatoms. The van der Waals surface area contributed by atoms with Crippen LogP contribution in [0.25, 0.3) is 0 Å². The first-order valence-corrected chi connectivity index (χ1v) is 10.2. The van der Waals surface area contributed by atoms with Crippen LogP contribution in [-0.2, 0) is 16.0 Å². The van der Waals surface area contributed by atoms with E-state index in [4.69, 9.17) is 10.5 Å². The molecule has 156 valence electrons. The topological polar surface area (TPSA) is 105 Å². The minimum Gasteiger partial charge on any atom is -0.377 e. The number of nitrogens with one attached hydrogen (secondary N) is 3. The van der Waals surface area contributed by atoms with E-state index in [-0.39, 0.29) is 12.5 Å². The van der Waals surface area contributed by atoms with Crippen molar-refractivity contribution in [3.05, 3.63) is 35.9 Å². The maximum atomic E-state index is 12.3. The summed E-state index contributed by atoms with van der Waals surface area (Å²) in [5.74, 6) is -0.440. The molecule has 0 saturated carbocycles. The molecular weight excluding hydrogens is 356 g/mol. The van der Waals surface area contributed by atoms with Gasteiger partial charge in [0.1, 0.15) is 0 Å². The van der Waals surface area contributed by atoms with E-state index in [1.165, 1.54) is 12.0 Å². The molecule has 0 spiro atoms. The van der Waals surface area contributed by atoms with Gasteiger partial charge in [0, 0.05) is 13.0 Å². The fourth-order valence-electron chi connectivity index (χ4n) is 3.40. The maximum absolute atomic E-state index is 12.3. The Hall–Kier alpha value is -2.12. The summed E-state index contributed by atoms with van der Waals surface area (Å²) in [5, 5.41) is 9.31. The number of ether oxygens (including phenoxy) is 1. The van der Waals surface area contributed by atoms with Crippen LogP contribution in [0.3, 0.4) is 0 Å². The molecule has 1 fully saturated rings. The number of nitrogens with two attached hydrogens (primary N) is 1. The van der Waals surface area contributed by atoms with Gasteiger partial charge in [-0.05, 0) is 24.9 Å². The van der Waals surface area contributed by atoms with Gasteiger partial charge in [-0.2, -0.15) is 0 Å². The Balaban J connectivity index is 1.87. The Bertz CT molecular complexity index is 605. The summed E-state index contributed by atoms with van der Waals surface area (Å²) in [4.78, 5) is 23.9. The van der Waals surface area contributed by atoms with E-state index in [0.29, 0.717) is 19.8 Å². The van der Waals surface area contributed by atoms with Crippen LogP contribution in [-0.4, -0.2) is 49.8 Å². The zero-order valence-electron chi connectivity index (χ0n) is 16.8. The average molecular weight is 391 g/mol. The lowest BCUT2D eigenvalue weighted by molar-refractivity contribution is -0.123. The molecule has 7 nitrogen and oxygen atoms in total. The van der Waals surface area contributed by atoms with Crippen molar-refractivity contribution in [2.24, 2.45) is 5.73 Å². The molecule has 2 rings (SSSR count). The molecule has 1 aromatic rings. The van der Waals surface area contributed by atoms with Crippen LogP contribution in [0.2, 0.25) is 0 Å². The third-order valence-corrected chi connectivity index (χ3v) is 5.15. The molecule has 1 saturated heterocycles. The molecule has 1 atom stereocenters. The quantitative estimate of drug-likeness (QED) is 0.385. The number of hydrogen-bond donors (Lipinski definition) is 4. The molecule has 1 heterocycles. The van der Waals surface area contributed by atoms with Crippen LogP contribution in [0.4, 0.5) is 4.79 Å². The molecule has 1 aliphatic rings. The number of carbonyl (C=O) groups excluding carboxylic acids is 2. The standard InChI is InChI=1S/C21H34N4O3/c1-2-3-4-8-12-23-20(27)25-18(14-19(22)26)21(15-28-16-21)24-13-11-17-9-6-5-7-10-17/h5-7,9-10,18,24H,2-4,8,11-16H2,1H3,(H2,22,26)(H2,23,25,27)/t18-/m1/s1. The van der Waals surface area contributed by atoms with Crippen molar-refractivity contribution in [2.45, 2.75) is 57.0 Å². The van der Waals surface area contributed by atoms with Crippen molar-refractivity contribution >= 4 is 11.9 Å². The van der Waals surface area contributed by atoms with E-state index < -0.39 is 17.5 Å². The number of primary amides is 1. The summed E-state index contributed by atoms with van der Waals surface area (Å²) < 4.78 is 5.42. The lowest BCUT2D eigenvalue weighted by Gasteiger charge is -2.47. The van der Waals surface area contributed by atoms with Crippen LogP contribution in [0.15, 0.2) is 30.3 Å². The normalized spacial score (nSPS) is 16.0. The highest BCUT2D eigenvalue weighted by atomic mass is 16.5. The second-order valence-corrected chi connectivity index (χ2v) is 7.50. The fraction of sp³-hybridized carbons (Fsp3) is 0.619. The van der Waals surface area contributed by atoms with Crippen molar-refractivity contribution in [1.29, 1.82) is 0 Å². The molecule has 5 N–H and O–H groups in total. The zero-order chi connectivity index (χ0) is 20.2. The second-order valence-electron chi connectivity index (χ2n) is 7.50. The number of amides is 3. The van der Waals surface area contributed by atoms with Crippen molar-refractivity contribution in [3.8, 4) is 0 Å². The summed E-state index contributed by atoms with van der Waals surface area (Å²) in [5.41, 5.74) is 6.20. The monoisotopic (exact) mass is 390 g/mol. The van der Waals surface area contributed by atoms with Crippen molar-refractivity contribution < 1.29 is 14.3 Å². The van der Waals surface area contributed by atoms with E-state index in [0.717, 1.165) is 32.2 Å². The van der Waals surface area contributed by atoms with Crippen molar-refractivity contribution in [2.75, 3.05) is 26.3 Å². The third kappa shape index (κ3) is 7.13. The van der Waals surface area contributed by atoms with Gasteiger partial charge in [0.25, 0.3) is 0 Å². The van der Waals surface area contributed by atoms with Crippen LogP contribution in [0.1, 0.15) is 44.6 Å². The Labute approximate surface area is 167 Å². The highest BCUT2D eigenvalue weighted by Crippen LogP contribution is 2.24. The van der Waals surface area contributed by atoms with E-state index >= 15 is 0 Å². The number of unbranched alkanes of at least 4 members (excludes halogenated alkanes) is 3. The van der Waals surface area contributed by atoms with E-state index in [2.05, 4.69) is 35.0 Å². The van der Waals surface area contributed by atoms with Gasteiger partial charge in [-0.25, -0.2) is 4.79 Å².